The molecule has 1 unspecified atom stereocenters. The fraction of sp³-hybridized carbons (Fsp3) is 0.400. The first-order chi connectivity index (χ1) is 12.5. The van der Waals surface area contributed by atoms with Gasteiger partial charge in [-0.05, 0) is 38.3 Å². The number of carbonyl (C=O) groups excluding carboxylic acids is 2. The Morgan fingerprint density at radius 3 is 2.62 bits per heavy atom. The van der Waals surface area contributed by atoms with Crippen molar-refractivity contribution in [2.75, 3.05) is 0 Å². The minimum atomic E-state index is -0.273. The average molecular weight is 352 g/mol. The van der Waals surface area contributed by atoms with Crippen LogP contribution in [0.2, 0.25) is 0 Å². The molecule has 1 amide bonds. The molecule has 6 nitrogen and oxygen atoms in total. The Kier molecular flexibility index (Phi) is 5.30. The first kappa shape index (κ1) is 18.0. The van der Waals surface area contributed by atoms with Gasteiger partial charge >= 0.3 is 0 Å². The number of ketones is 1. The molecule has 1 heterocycles. The molecule has 0 aliphatic heterocycles. The standard InChI is InChI=1S/C20H24N4O2/c1-13(2)24-12-21-23-20(24)14(3)22-19(26)11-17-16(9-10-18(17)25)15-7-5-4-6-8-15/h4-8,12-14H,9-11H2,1-3H3,(H,22,26). The van der Waals surface area contributed by atoms with E-state index in [-0.39, 0.29) is 30.2 Å². The van der Waals surface area contributed by atoms with Crippen LogP contribution >= 0.6 is 0 Å². The van der Waals surface area contributed by atoms with Gasteiger partial charge in [0.25, 0.3) is 0 Å². The molecule has 0 bridgehead atoms. The SMILES string of the molecule is CC(NC(=O)CC1=C(c2ccccc2)CCC1=O)c1nncn1C(C)C. The molecular formula is C20H24N4O2. The van der Waals surface area contributed by atoms with Crippen molar-refractivity contribution in [1.29, 1.82) is 0 Å². The van der Waals surface area contributed by atoms with Crippen LogP contribution in [0, 0.1) is 0 Å². The molecule has 0 saturated carbocycles. The van der Waals surface area contributed by atoms with Crippen LogP contribution in [0.3, 0.4) is 0 Å². The number of rotatable bonds is 6. The van der Waals surface area contributed by atoms with Crippen LogP contribution in [0.25, 0.3) is 5.57 Å². The van der Waals surface area contributed by atoms with Gasteiger partial charge in [0.2, 0.25) is 5.91 Å². The summed E-state index contributed by atoms with van der Waals surface area (Å²) in [6.45, 7) is 5.95. The van der Waals surface area contributed by atoms with E-state index in [1.165, 1.54) is 0 Å². The molecule has 0 spiro atoms. The molecule has 2 aromatic rings. The summed E-state index contributed by atoms with van der Waals surface area (Å²) in [6.07, 6.45) is 2.94. The van der Waals surface area contributed by atoms with Crippen LogP contribution in [0.15, 0.2) is 42.2 Å². The third kappa shape index (κ3) is 3.74. The lowest BCUT2D eigenvalue weighted by Gasteiger charge is -2.17. The molecule has 1 aliphatic rings. The van der Waals surface area contributed by atoms with Crippen LogP contribution in [0.4, 0.5) is 0 Å². The Balaban J connectivity index is 1.74. The molecule has 1 N–H and O–H groups in total. The maximum Gasteiger partial charge on any atom is 0.225 e. The highest BCUT2D eigenvalue weighted by Gasteiger charge is 2.26. The third-order valence-electron chi connectivity index (χ3n) is 4.68. The number of benzene rings is 1. The fourth-order valence-corrected chi connectivity index (χ4v) is 3.35. The summed E-state index contributed by atoms with van der Waals surface area (Å²) in [5, 5.41) is 11.0. The van der Waals surface area contributed by atoms with Crippen molar-refractivity contribution in [3.05, 3.63) is 53.6 Å². The highest BCUT2D eigenvalue weighted by molar-refractivity contribution is 6.10. The van der Waals surface area contributed by atoms with Crippen molar-refractivity contribution >= 4 is 17.3 Å². The minimum Gasteiger partial charge on any atom is -0.346 e. The van der Waals surface area contributed by atoms with E-state index in [1.807, 2.05) is 55.7 Å². The Bertz CT molecular complexity index is 837. The largest absolute Gasteiger partial charge is 0.346 e. The normalized spacial score (nSPS) is 15.6. The number of hydrogen-bond acceptors (Lipinski definition) is 4. The predicted molar refractivity (Wildman–Crippen MR) is 99.2 cm³/mol. The molecule has 26 heavy (non-hydrogen) atoms. The van der Waals surface area contributed by atoms with Gasteiger partial charge in [-0.2, -0.15) is 0 Å². The van der Waals surface area contributed by atoms with Crippen LogP contribution < -0.4 is 5.32 Å². The molecule has 1 aliphatic carbocycles. The number of allylic oxidation sites excluding steroid dienone is 1. The minimum absolute atomic E-state index is 0.0667. The van der Waals surface area contributed by atoms with Crippen molar-refractivity contribution in [1.82, 2.24) is 20.1 Å². The summed E-state index contributed by atoms with van der Waals surface area (Å²) in [5.41, 5.74) is 2.64. The lowest BCUT2D eigenvalue weighted by atomic mass is 10.00. The number of hydrogen-bond donors (Lipinski definition) is 1. The van der Waals surface area contributed by atoms with Gasteiger partial charge < -0.3 is 9.88 Å². The molecule has 0 saturated heterocycles. The quantitative estimate of drug-likeness (QED) is 0.866. The zero-order valence-corrected chi connectivity index (χ0v) is 15.4. The van der Waals surface area contributed by atoms with Crippen molar-refractivity contribution < 1.29 is 9.59 Å². The number of carbonyl (C=O) groups is 2. The van der Waals surface area contributed by atoms with E-state index < -0.39 is 0 Å². The van der Waals surface area contributed by atoms with Crippen LogP contribution in [-0.2, 0) is 9.59 Å². The van der Waals surface area contributed by atoms with Gasteiger partial charge in [-0.1, -0.05) is 30.3 Å². The lowest BCUT2D eigenvalue weighted by Crippen LogP contribution is -2.29. The molecule has 6 heteroatoms. The first-order valence-corrected chi connectivity index (χ1v) is 8.96. The van der Waals surface area contributed by atoms with E-state index in [2.05, 4.69) is 15.5 Å². The van der Waals surface area contributed by atoms with Crippen LogP contribution in [0.5, 0.6) is 0 Å². The topological polar surface area (TPSA) is 76.9 Å². The van der Waals surface area contributed by atoms with Crippen LogP contribution in [-0.4, -0.2) is 26.5 Å². The summed E-state index contributed by atoms with van der Waals surface area (Å²) in [7, 11) is 0. The monoisotopic (exact) mass is 352 g/mol. The molecule has 1 aromatic heterocycles. The maximum absolute atomic E-state index is 12.6. The van der Waals surface area contributed by atoms with E-state index in [0.29, 0.717) is 24.2 Å². The number of nitrogens with zero attached hydrogens (tertiary/aromatic N) is 3. The Morgan fingerprint density at radius 1 is 1.19 bits per heavy atom. The third-order valence-corrected chi connectivity index (χ3v) is 4.68. The van der Waals surface area contributed by atoms with Crippen molar-refractivity contribution in [3.8, 4) is 0 Å². The zero-order chi connectivity index (χ0) is 18.7. The highest BCUT2D eigenvalue weighted by atomic mass is 16.2. The molecular weight excluding hydrogens is 328 g/mol. The van der Waals surface area contributed by atoms with Gasteiger partial charge in [0, 0.05) is 18.0 Å². The summed E-state index contributed by atoms with van der Waals surface area (Å²) in [4.78, 5) is 24.8. The fourth-order valence-electron chi connectivity index (χ4n) is 3.35. The Hall–Kier alpha value is -2.76. The average Bonchev–Trinajstić information content (AvgIpc) is 3.24. The second kappa shape index (κ2) is 7.64. The van der Waals surface area contributed by atoms with E-state index in [0.717, 1.165) is 11.1 Å². The second-order valence-electron chi connectivity index (χ2n) is 6.90. The summed E-state index contributed by atoms with van der Waals surface area (Å²) in [6, 6.07) is 9.75. The summed E-state index contributed by atoms with van der Waals surface area (Å²) < 4.78 is 1.93. The molecule has 0 radical (unpaired) electrons. The molecule has 0 fully saturated rings. The van der Waals surface area contributed by atoms with Gasteiger partial charge in [-0.25, -0.2) is 0 Å². The number of nitrogens with one attached hydrogen (secondary N) is 1. The molecule has 1 atom stereocenters. The van der Waals surface area contributed by atoms with Gasteiger partial charge in [0.05, 0.1) is 12.5 Å². The van der Waals surface area contributed by atoms with E-state index >= 15 is 0 Å². The number of Topliss-reactive ketones (excluding diaryl/α,β-unsaturated/α-hetero) is 1. The lowest BCUT2D eigenvalue weighted by molar-refractivity contribution is -0.123. The molecule has 3 rings (SSSR count). The van der Waals surface area contributed by atoms with Crippen molar-refractivity contribution in [2.24, 2.45) is 0 Å². The highest BCUT2D eigenvalue weighted by Crippen LogP contribution is 2.33. The van der Waals surface area contributed by atoms with Crippen molar-refractivity contribution in [2.45, 2.75) is 52.1 Å². The predicted octanol–water partition coefficient (Wildman–Crippen LogP) is 3.24. The van der Waals surface area contributed by atoms with E-state index in [4.69, 9.17) is 0 Å². The van der Waals surface area contributed by atoms with E-state index in [1.54, 1.807) is 6.33 Å². The van der Waals surface area contributed by atoms with E-state index in [9.17, 15) is 9.59 Å². The van der Waals surface area contributed by atoms with Gasteiger partial charge in [-0.15, -0.1) is 10.2 Å². The van der Waals surface area contributed by atoms with Gasteiger partial charge in [0.15, 0.2) is 11.6 Å². The Labute approximate surface area is 153 Å². The van der Waals surface area contributed by atoms with Crippen molar-refractivity contribution in [3.63, 3.8) is 0 Å². The van der Waals surface area contributed by atoms with Gasteiger partial charge in [0.1, 0.15) is 6.33 Å². The second-order valence-corrected chi connectivity index (χ2v) is 6.90. The smallest absolute Gasteiger partial charge is 0.225 e. The first-order valence-electron chi connectivity index (χ1n) is 8.96. The van der Waals surface area contributed by atoms with Gasteiger partial charge in [-0.3, -0.25) is 9.59 Å². The molecule has 1 aromatic carbocycles. The van der Waals surface area contributed by atoms with Crippen LogP contribution in [0.1, 0.15) is 63.5 Å². The zero-order valence-electron chi connectivity index (χ0n) is 15.4. The summed E-state index contributed by atoms with van der Waals surface area (Å²) >= 11 is 0. The summed E-state index contributed by atoms with van der Waals surface area (Å²) in [5.74, 6) is 0.606. The number of aromatic nitrogens is 3. The maximum atomic E-state index is 12.6. The molecule has 136 valence electrons. The number of amides is 1. The Morgan fingerprint density at radius 2 is 1.92 bits per heavy atom.